The fourth-order valence-electron chi connectivity index (χ4n) is 4.26. The molecule has 6 heteroatoms. The Morgan fingerprint density at radius 3 is 2.62 bits per heavy atom. The molecule has 150 valence electrons. The summed E-state index contributed by atoms with van der Waals surface area (Å²) in [5.41, 5.74) is 4.18. The molecular formula is C23H24ClN3O2. The van der Waals surface area contributed by atoms with E-state index in [1.807, 2.05) is 36.4 Å². The lowest BCUT2D eigenvalue weighted by Crippen LogP contribution is -2.33. The van der Waals surface area contributed by atoms with Crippen LogP contribution in [-0.4, -0.2) is 54.8 Å². The van der Waals surface area contributed by atoms with Crippen molar-refractivity contribution in [1.29, 1.82) is 0 Å². The number of likely N-dealkylation sites (tertiary alicyclic amines) is 1. The molecule has 1 fully saturated rings. The SMILES string of the molecule is CN1CCC(N(C)Cc2cc3cc4c(cc3nc2-c2ccc(Cl)cc2)OCO4)C1. The fourth-order valence-corrected chi connectivity index (χ4v) is 4.38. The molecule has 0 bridgehead atoms. The van der Waals surface area contributed by atoms with Gasteiger partial charge in [-0.2, -0.15) is 0 Å². The third kappa shape index (κ3) is 3.66. The Morgan fingerprint density at radius 2 is 1.90 bits per heavy atom. The summed E-state index contributed by atoms with van der Waals surface area (Å²) in [4.78, 5) is 9.86. The van der Waals surface area contributed by atoms with Crippen molar-refractivity contribution in [3.63, 3.8) is 0 Å². The van der Waals surface area contributed by atoms with Crippen LogP contribution >= 0.6 is 11.6 Å². The van der Waals surface area contributed by atoms with E-state index in [0.29, 0.717) is 6.04 Å². The number of benzene rings is 2. The van der Waals surface area contributed by atoms with Gasteiger partial charge in [-0.1, -0.05) is 23.7 Å². The summed E-state index contributed by atoms with van der Waals surface area (Å²) in [6.45, 7) is 3.36. The van der Waals surface area contributed by atoms with Crippen molar-refractivity contribution < 1.29 is 9.47 Å². The van der Waals surface area contributed by atoms with Crippen molar-refractivity contribution in [2.75, 3.05) is 34.0 Å². The lowest BCUT2D eigenvalue weighted by Gasteiger charge is -2.25. The second-order valence-electron chi connectivity index (χ2n) is 8.02. The zero-order valence-electron chi connectivity index (χ0n) is 16.7. The topological polar surface area (TPSA) is 37.8 Å². The summed E-state index contributed by atoms with van der Waals surface area (Å²) in [6, 6.07) is 14.7. The predicted octanol–water partition coefficient (Wildman–Crippen LogP) is 4.42. The third-order valence-corrected chi connectivity index (χ3v) is 6.17. The molecule has 2 aliphatic rings. The van der Waals surface area contributed by atoms with Crippen LogP contribution in [0.3, 0.4) is 0 Å². The van der Waals surface area contributed by atoms with Crippen LogP contribution in [0.4, 0.5) is 0 Å². The van der Waals surface area contributed by atoms with Crippen LogP contribution in [0.5, 0.6) is 11.5 Å². The number of hydrogen-bond acceptors (Lipinski definition) is 5. The summed E-state index contributed by atoms with van der Waals surface area (Å²) in [7, 11) is 4.40. The number of ether oxygens (including phenoxy) is 2. The van der Waals surface area contributed by atoms with Crippen LogP contribution in [-0.2, 0) is 6.54 Å². The predicted molar refractivity (Wildman–Crippen MR) is 116 cm³/mol. The minimum Gasteiger partial charge on any atom is -0.454 e. The number of hydrogen-bond donors (Lipinski definition) is 0. The first kappa shape index (κ1) is 18.7. The largest absolute Gasteiger partial charge is 0.454 e. The molecule has 2 aliphatic heterocycles. The Balaban J connectivity index is 1.58. The van der Waals surface area contributed by atoms with Crippen molar-refractivity contribution in [3.8, 4) is 22.8 Å². The number of nitrogens with zero attached hydrogens (tertiary/aromatic N) is 3. The first-order chi connectivity index (χ1) is 14.1. The van der Waals surface area contributed by atoms with Gasteiger partial charge in [-0.15, -0.1) is 0 Å². The number of fused-ring (bicyclic) bond motifs is 2. The minimum absolute atomic E-state index is 0.264. The standard InChI is InChI=1S/C23H24ClN3O2/c1-26-8-7-19(13-26)27(2)12-17-9-16-10-21-22(29-14-28-21)11-20(16)25-23(17)15-3-5-18(24)6-4-15/h3-6,9-11,19H,7-8,12-14H2,1-2H3. The zero-order chi connectivity index (χ0) is 20.0. The molecular weight excluding hydrogens is 386 g/mol. The number of halogens is 1. The van der Waals surface area contributed by atoms with E-state index >= 15 is 0 Å². The highest BCUT2D eigenvalue weighted by atomic mass is 35.5. The van der Waals surface area contributed by atoms with E-state index in [1.54, 1.807) is 0 Å². The van der Waals surface area contributed by atoms with E-state index in [1.165, 1.54) is 12.0 Å². The molecule has 1 unspecified atom stereocenters. The Hall–Kier alpha value is -2.34. The van der Waals surface area contributed by atoms with Crippen molar-refractivity contribution in [2.45, 2.75) is 19.0 Å². The molecule has 0 radical (unpaired) electrons. The quantitative estimate of drug-likeness (QED) is 0.637. The fraction of sp³-hybridized carbons (Fsp3) is 0.348. The molecule has 2 aromatic carbocycles. The average Bonchev–Trinajstić information content (AvgIpc) is 3.35. The molecule has 3 heterocycles. The molecule has 1 saturated heterocycles. The van der Waals surface area contributed by atoms with Gasteiger partial charge in [0.15, 0.2) is 11.5 Å². The van der Waals surface area contributed by atoms with Crippen LogP contribution in [0.2, 0.25) is 5.02 Å². The lowest BCUT2D eigenvalue weighted by atomic mass is 10.0. The lowest BCUT2D eigenvalue weighted by molar-refractivity contribution is 0.174. The van der Waals surface area contributed by atoms with Gasteiger partial charge < -0.3 is 14.4 Å². The first-order valence-electron chi connectivity index (χ1n) is 9.95. The highest BCUT2D eigenvalue weighted by Gasteiger charge is 2.24. The normalized spacial score (nSPS) is 18.8. The van der Waals surface area contributed by atoms with Crippen LogP contribution in [0.25, 0.3) is 22.2 Å². The highest BCUT2D eigenvalue weighted by Crippen LogP contribution is 2.37. The average molecular weight is 410 g/mol. The van der Waals surface area contributed by atoms with Crippen molar-refractivity contribution >= 4 is 22.5 Å². The van der Waals surface area contributed by atoms with E-state index in [2.05, 4.69) is 30.0 Å². The van der Waals surface area contributed by atoms with Gasteiger partial charge in [-0.25, -0.2) is 4.98 Å². The molecule has 0 amide bonds. The Kier molecular flexibility index (Phi) is 4.82. The first-order valence-corrected chi connectivity index (χ1v) is 10.3. The maximum absolute atomic E-state index is 6.12. The van der Waals surface area contributed by atoms with Crippen LogP contribution in [0, 0.1) is 0 Å². The van der Waals surface area contributed by atoms with Crippen LogP contribution in [0.1, 0.15) is 12.0 Å². The van der Waals surface area contributed by atoms with Crippen molar-refractivity contribution in [1.82, 2.24) is 14.8 Å². The number of likely N-dealkylation sites (N-methyl/N-ethyl adjacent to an activating group) is 2. The highest BCUT2D eigenvalue weighted by molar-refractivity contribution is 6.30. The molecule has 0 saturated carbocycles. The monoisotopic (exact) mass is 409 g/mol. The van der Waals surface area contributed by atoms with Gasteiger partial charge >= 0.3 is 0 Å². The molecule has 0 N–H and O–H groups in total. The molecule has 29 heavy (non-hydrogen) atoms. The van der Waals surface area contributed by atoms with Crippen molar-refractivity contribution in [2.24, 2.45) is 0 Å². The van der Waals surface area contributed by atoms with E-state index in [0.717, 1.165) is 58.3 Å². The number of aromatic nitrogens is 1. The van der Waals surface area contributed by atoms with Crippen LogP contribution < -0.4 is 9.47 Å². The Labute approximate surface area is 175 Å². The third-order valence-electron chi connectivity index (χ3n) is 5.92. The van der Waals surface area contributed by atoms with E-state index in [9.17, 15) is 0 Å². The summed E-state index contributed by atoms with van der Waals surface area (Å²) < 4.78 is 11.1. The zero-order valence-corrected chi connectivity index (χ0v) is 17.4. The smallest absolute Gasteiger partial charge is 0.231 e. The van der Waals surface area contributed by atoms with Crippen molar-refractivity contribution in [3.05, 3.63) is 53.1 Å². The molecule has 1 atom stereocenters. The number of pyridine rings is 1. The minimum atomic E-state index is 0.264. The number of rotatable bonds is 4. The van der Waals surface area contributed by atoms with Gasteiger partial charge in [-0.3, -0.25) is 4.90 Å². The van der Waals surface area contributed by atoms with Gasteiger partial charge in [0.05, 0.1) is 11.2 Å². The second-order valence-corrected chi connectivity index (χ2v) is 8.46. The van der Waals surface area contributed by atoms with Gasteiger partial charge in [0.2, 0.25) is 6.79 Å². The molecule has 5 rings (SSSR count). The van der Waals surface area contributed by atoms with Crippen LogP contribution in [0.15, 0.2) is 42.5 Å². The van der Waals surface area contributed by atoms with Gasteiger partial charge in [0.25, 0.3) is 0 Å². The molecule has 1 aromatic heterocycles. The second kappa shape index (κ2) is 7.48. The summed E-state index contributed by atoms with van der Waals surface area (Å²) in [5, 5.41) is 1.80. The van der Waals surface area contributed by atoms with Gasteiger partial charge in [0.1, 0.15) is 0 Å². The molecule has 0 spiro atoms. The maximum Gasteiger partial charge on any atom is 0.231 e. The Morgan fingerprint density at radius 1 is 1.14 bits per heavy atom. The summed E-state index contributed by atoms with van der Waals surface area (Å²) in [6.07, 6.45) is 1.20. The Bertz CT molecular complexity index is 1050. The molecule has 0 aliphatic carbocycles. The van der Waals surface area contributed by atoms with E-state index < -0.39 is 0 Å². The summed E-state index contributed by atoms with van der Waals surface area (Å²) >= 11 is 6.12. The van der Waals surface area contributed by atoms with Gasteiger partial charge in [-0.05, 0) is 56.9 Å². The molecule has 3 aromatic rings. The maximum atomic E-state index is 6.12. The molecule has 5 nitrogen and oxygen atoms in total. The van der Waals surface area contributed by atoms with E-state index in [-0.39, 0.29) is 6.79 Å². The summed E-state index contributed by atoms with van der Waals surface area (Å²) in [5.74, 6) is 1.54. The van der Waals surface area contributed by atoms with Gasteiger partial charge in [0, 0.05) is 41.2 Å². The van der Waals surface area contributed by atoms with E-state index in [4.69, 9.17) is 26.1 Å².